The second kappa shape index (κ2) is 7.47. The van der Waals surface area contributed by atoms with Crippen molar-refractivity contribution >= 4 is 18.0 Å². The van der Waals surface area contributed by atoms with Crippen LogP contribution in [0.3, 0.4) is 0 Å². The number of nitrogens with zero attached hydrogens (tertiary/aromatic N) is 1. The number of carbonyl (C=O) groups is 3. The summed E-state index contributed by atoms with van der Waals surface area (Å²) in [6, 6.07) is -1.37. The number of piperidine rings is 1. The Morgan fingerprint density at radius 2 is 1.86 bits per heavy atom. The molecule has 0 unspecified atom stereocenters. The van der Waals surface area contributed by atoms with E-state index in [0.29, 0.717) is 13.0 Å². The summed E-state index contributed by atoms with van der Waals surface area (Å²) in [5, 5.41) is 2.59. The van der Waals surface area contributed by atoms with Crippen molar-refractivity contribution in [2.75, 3.05) is 13.7 Å². The number of amides is 2. The van der Waals surface area contributed by atoms with Crippen LogP contribution < -0.4 is 5.32 Å². The molecule has 1 aliphatic rings. The van der Waals surface area contributed by atoms with E-state index in [-0.39, 0.29) is 5.91 Å². The van der Waals surface area contributed by atoms with E-state index in [9.17, 15) is 14.4 Å². The highest BCUT2D eigenvalue weighted by molar-refractivity contribution is 5.89. The quantitative estimate of drug-likeness (QED) is 0.797. The van der Waals surface area contributed by atoms with Crippen molar-refractivity contribution in [2.24, 2.45) is 0 Å². The molecule has 7 nitrogen and oxygen atoms in total. The number of esters is 1. The van der Waals surface area contributed by atoms with Gasteiger partial charge in [0.05, 0.1) is 7.11 Å². The molecule has 2 amide bonds. The molecule has 1 saturated heterocycles. The molecule has 0 aliphatic carbocycles. The Bertz CT molecular complexity index is 430. The molecule has 0 radical (unpaired) electrons. The zero-order valence-corrected chi connectivity index (χ0v) is 14.0. The second-order valence-corrected chi connectivity index (χ2v) is 6.44. The fourth-order valence-electron chi connectivity index (χ4n) is 2.29. The fourth-order valence-corrected chi connectivity index (χ4v) is 2.29. The molecule has 22 heavy (non-hydrogen) atoms. The summed E-state index contributed by atoms with van der Waals surface area (Å²) in [5.74, 6) is -0.878. The molecule has 0 aromatic carbocycles. The molecule has 0 spiro atoms. The SMILES string of the molecule is COC(=O)[C@H](C)NC(=O)[C@@H]1CCCCN1C(=O)OC(C)(C)C. The van der Waals surface area contributed by atoms with E-state index in [0.717, 1.165) is 12.8 Å². The van der Waals surface area contributed by atoms with Gasteiger partial charge in [0.1, 0.15) is 17.7 Å². The molecule has 1 heterocycles. The predicted octanol–water partition coefficient (Wildman–Crippen LogP) is 1.45. The minimum absolute atomic E-state index is 0.358. The van der Waals surface area contributed by atoms with Crippen molar-refractivity contribution in [1.82, 2.24) is 10.2 Å². The first kappa shape index (κ1) is 18.3. The number of methoxy groups -OCH3 is 1. The summed E-state index contributed by atoms with van der Waals surface area (Å²) in [6.45, 7) is 7.36. The third-order valence-electron chi connectivity index (χ3n) is 3.35. The van der Waals surface area contributed by atoms with E-state index in [1.54, 1.807) is 27.7 Å². The molecule has 1 N–H and O–H groups in total. The molecular weight excluding hydrogens is 288 g/mol. The average molecular weight is 314 g/mol. The third-order valence-corrected chi connectivity index (χ3v) is 3.35. The summed E-state index contributed by atoms with van der Waals surface area (Å²) < 4.78 is 9.93. The van der Waals surface area contributed by atoms with Gasteiger partial charge in [-0.2, -0.15) is 0 Å². The van der Waals surface area contributed by atoms with Gasteiger partial charge in [-0.1, -0.05) is 0 Å². The Hall–Kier alpha value is -1.79. The minimum atomic E-state index is -0.750. The number of hydrogen-bond acceptors (Lipinski definition) is 5. The molecule has 1 rings (SSSR count). The average Bonchev–Trinajstić information content (AvgIpc) is 2.44. The molecule has 7 heteroatoms. The summed E-state index contributed by atoms with van der Waals surface area (Å²) in [5.41, 5.74) is -0.616. The lowest BCUT2D eigenvalue weighted by Gasteiger charge is -2.36. The predicted molar refractivity (Wildman–Crippen MR) is 80.2 cm³/mol. The molecule has 0 aromatic rings. The van der Waals surface area contributed by atoms with Crippen LogP contribution in [0.5, 0.6) is 0 Å². The first-order valence-electron chi connectivity index (χ1n) is 7.53. The summed E-state index contributed by atoms with van der Waals surface area (Å²) >= 11 is 0. The molecule has 0 aromatic heterocycles. The highest BCUT2D eigenvalue weighted by atomic mass is 16.6. The maximum atomic E-state index is 12.3. The molecule has 0 bridgehead atoms. The maximum absolute atomic E-state index is 12.3. The lowest BCUT2D eigenvalue weighted by Crippen LogP contribution is -2.55. The van der Waals surface area contributed by atoms with E-state index in [1.807, 2.05) is 0 Å². The Kier molecular flexibility index (Phi) is 6.20. The second-order valence-electron chi connectivity index (χ2n) is 6.44. The Morgan fingerprint density at radius 3 is 2.41 bits per heavy atom. The smallest absolute Gasteiger partial charge is 0.410 e. The van der Waals surface area contributed by atoms with Gasteiger partial charge < -0.3 is 14.8 Å². The lowest BCUT2D eigenvalue weighted by atomic mass is 10.0. The Balaban J connectivity index is 2.74. The number of nitrogens with one attached hydrogen (secondary N) is 1. The fraction of sp³-hybridized carbons (Fsp3) is 0.800. The highest BCUT2D eigenvalue weighted by Crippen LogP contribution is 2.20. The van der Waals surface area contributed by atoms with Crippen LogP contribution in [-0.4, -0.2) is 54.2 Å². The van der Waals surface area contributed by atoms with E-state index < -0.39 is 29.7 Å². The van der Waals surface area contributed by atoms with Crippen molar-refractivity contribution in [3.63, 3.8) is 0 Å². The summed E-state index contributed by atoms with van der Waals surface area (Å²) in [6.07, 6.45) is 1.73. The van der Waals surface area contributed by atoms with Gasteiger partial charge in [0.25, 0.3) is 0 Å². The topological polar surface area (TPSA) is 84.9 Å². The summed E-state index contributed by atoms with van der Waals surface area (Å²) in [7, 11) is 1.26. The number of carbonyl (C=O) groups excluding carboxylic acids is 3. The largest absolute Gasteiger partial charge is 0.467 e. The Morgan fingerprint density at radius 1 is 1.23 bits per heavy atom. The van der Waals surface area contributed by atoms with Crippen molar-refractivity contribution in [3.05, 3.63) is 0 Å². The van der Waals surface area contributed by atoms with Crippen LogP contribution in [0, 0.1) is 0 Å². The van der Waals surface area contributed by atoms with Crippen LogP contribution >= 0.6 is 0 Å². The third kappa shape index (κ3) is 5.20. The van der Waals surface area contributed by atoms with Gasteiger partial charge in [0.15, 0.2) is 0 Å². The van der Waals surface area contributed by atoms with E-state index in [1.165, 1.54) is 12.0 Å². The number of ether oxygens (including phenoxy) is 2. The number of likely N-dealkylation sites (tertiary alicyclic amines) is 1. The van der Waals surface area contributed by atoms with Gasteiger partial charge in [-0.25, -0.2) is 9.59 Å². The van der Waals surface area contributed by atoms with Crippen molar-refractivity contribution in [2.45, 2.75) is 64.6 Å². The molecular formula is C15H26N2O5. The number of rotatable bonds is 3. The van der Waals surface area contributed by atoms with Gasteiger partial charge in [0.2, 0.25) is 5.91 Å². The van der Waals surface area contributed by atoms with Crippen LogP contribution in [-0.2, 0) is 19.1 Å². The van der Waals surface area contributed by atoms with E-state index >= 15 is 0 Å². The summed E-state index contributed by atoms with van der Waals surface area (Å²) in [4.78, 5) is 37.4. The van der Waals surface area contributed by atoms with Crippen LogP contribution in [0.25, 0.3) is 0 Å². The van der Waals surface area contributed by atoms with Gasteiger partial charge in [-0.3, -0.25) is 9.69 Å². The molecule has 0 saturated carbocycles. The first-order chi connectivity index (χ1) is 10.2. The molecule has 126 valence electrons. The molecule has 2 atom stereocenters. The van der Waals surface area contributed by atoms with Gasteiger partial charge in [-0.05, 0) is 47.0 Å². The minimum Gasteiger partial charge on any atom is -0.467 e. The maximum Gasteiger partial charge on any atom is 0.410 e. The monoisotopic (exact) mass is 314 g/mol. The normalized spacial score (nSPS) is 20.0. The van der Waals surface area contributed by atoms with Crippen LogP contribution in [0.1, 0.15) is 47.0 Å². The van der Waals surface area contributed by atoms with Gasteiger partial charge >= 0.3 is 12.1 Å². The Labute approximate surface area is 131 Å². The molecule has 1 aliphatic heterocycles. The number of hydrogen-bond donors (Lipinski definition) is 1. The van der Waals surface area contributed by atoms with E-state index in [2.05, 4.69) is 10.1 Å². The van der Waals surface area contributed by atoms with Crippen molar-refractivity contribution in [1.29, 1.82) is 0 Å². The first-order valence-corrected chi connectivity index (χ1v) is 7.53. The van der Waals surface area contributed by atoms with Gasteiger partial charge in [0, 0.05) is 6.54 Å². The standard InChI is InChI=1S/C15H26N2O5/c1-10(13(19)21-5)16-12(18)11-8-6-7-9-17(11)14(20)22-15(2,3)4/h10-11H,6-9H2,1-5H3,(H,16,18)/t10-,11-/m0/s1. The van der Waals surface area contributed by atoms with Crippen molar-refractivity contribution < 1.29 is 23.9 Å². The zero-order valence-electron chi connectivity index (χ0n) is 14.0. The molecule has 1 fully saturated rings. The highest BCUT2D eigenvalue weighted by Gasteiger charge is 2.35. The van der Waals surface area contributed by atoms with Crippen LogP contribution in [0.2, 0.25) is 0 Å². The van der Waals surface area contributed by atoms with Crippen molar-refractivity contribution in [3.8, 4) is 0 Å². The lowest BCUT2D eigenvalue weighted by molar-refractivity contribution is -0.145. The zero-order chi connectivity index (χ0) is 16.9. The van der Waals surface area contributed by atoms with Crippen LogP contribution in [0.4, 0.5) is 4.79 Å². The van der Waals surface area contributed by atoms with Crippen LogP contribution in [0.15, 0.2) is 0 Å². The van der Waals surface area contributed by atoms with Gasteiger partial charge in [-0.15, -0.1) is 0 Å². The van der Waals surface area contributed by atoms with E-state index in [4.69, 9.17) is 4.74 Å².